The molecule has 46 heavy (non-hydrogen) atoms. The van der Waals surface area contributed by atoms with Gasteiger partial charge in [0.15, 0.2) is 5.01 Å². The third-order valence-electron chi connectivity index (χ3n) is 6.51. The van der Waals surface area contributed by atoms with Gasteiger partial charge in [0.2, 0.25) is 5.13 Å². The van der Waals surface area contributed by atoms with Gasteiger partial charge < -0.3 is 13.9 Å². The molecule has 0 saturated carbocycles. The number of nitrogens with zero attached hydrogens (tertiary/aromatic N) is 7. The lowest BCUT2D eigenvalue weighted by Crippen LogP contribution is -2.34. The van der Waals surface area contributed by atoms with Crippen molar-refractivity contribution >= 4 is 78.4 Å². The molecule has 4 heterocycles. The Morgan fingerprint density at radius 2 is 1.67 bits per heavy atom. The van der Waals surface area contributed by atoms with Gasteiger partial charge in [0, 0.05) is 27.8 Å². The Labute approximate surface area is 281 Å². The quantitative estimate of drug-likeness (QED) is 0.177. The minimum atomic E-state index is -0.814. The standard InChI is InChI=1S/C32H29BrClN7O4S/c1-31(2,3)44-29(42)40(24-14-13-23-21(25(24)34)16-35-41(23)30(43)45-32(4,5)6)28-38-37-27(46-28)20-8-7-15-39-17-22(36-26(20)39)18-9-11-19(33)12-10-18/h7-17H,1-6H3. The van der Waals surface area contributed by atoms with Crippen LogP contribution in [0.25, 0.3) is 38.4 Å². The lowest BCUT2D eigenvalue weighted by atomic mass is 10.2. The Morgan fingerprint density at radius 1 is 0.957 bits per heavy atom. The van der Waals surface area contributed by atoms with Crippen molar-refractivity contribution in [1.82, 2.24) is 29.4 Å². The van der Waals surface area contributed by atoms with E-state index in [4.69, 9.17) is 26.1 Å². The number of benzene rings is 2. The second kappa shape index (κ2) is 11.8. The Hall–Kier alpha value is -4.33. The molecule has 14 heteroatoms. The number of carbonyl (C=O) groups excluding carboxylic acids is 2. The van der Waals surface area contributed by atoms with Gasteiger partial charge in [-0.3, -0.25) is 0 Å². The van der Waals surface area contributed by atoms with Crippen LogP contribution < -0.4 is 4.90 Å². The van der Waals surface area contributed by atoms with Crippen LogP contribution in [0.2, 0.25) is 5.02 Å². The number of carbonyl (C=O) groups is 2. The molecule has 0 spiro atoms. The van der Waals surface area contributed by atoms with Gasteiger partial charge in [-0.25, -0.2) is 19.5 Å². The van der Waals surface area contributed by atoms with Crippen LogP contribution in [0.15, 0.2) is 71.6 Å². The number of aromatic nitrogens is 6. The number of fused-ring (bicyclic) bond motifs is 2. The first kappa shape index (κ1) is 31.6. The number of anilines is 2. The Morgan fingerprint density at radius 3 is 2.37 bits per heavy atom. The molecule has 1 amide bonds. The highest BCUT2D eigenvalue weighted by Gasteiger charge is 2.31. The second-order valence-electron chi connectivity index (χ2n) is 12.4. The van der Waals surface area contributed by atoms with E-state index in [2.05, 4.69) is 31.2 Å². The topological polar surface area (TPSA) is 117 Å². The predicted octanol–water partition coefficient (Wildman–Crippen LogP) is 9.14. The molecule has 0 aliphatic carbocycles. The molecular formula is C32H29BrClN7O4S. The minimum absolute atomic E-state index is 0.171. The van der Waals surface area contributed by atoms with E-state index in [1.165, 1.54) is 22.4 Å². The second-order valence-corrected chi connectivity index (χ2v) is 14.6. The van der Waals surface area contributed by atoms with Gasteiger partial charge in [0.25, 0.3) is 0 Å². The van der Waals surface area contributed by atoms with Gasteiger partial charge in [-0.05, 0) is 77.9 Å². The van der Waals surface area contributed by atoms with E-state index in [9.17, 15) is 9.59 Å². The van der Waals surface area contributed by atoms with E-state index in [-0.39, 0.29) is 15.8 Å². The largest absolute Gasteiger partial charge is 0.443 e. The van der Waals surface area contributed by atoms with E-state index in [1.54, 1.807) is 53.7 Å². The summed E-state index contributed by atoms with van der Waals surface area (Å²) in [6, 6.07) is 15.0. The smallest absolute Gasteiger partial charge is 0.435 e. The molecule has 0 unspecified atom stereocenters. The summed E-state index contributed by atoms with van der Waals surface area (Å²) in [4.78, 5) is 32.7. The zero-order chi connectivity index (χ0) is 33.0. The van der Waals surface area contributed by atoms with Gasteiger partial charge in [-0.15, -0.1) is 10.2 Å². The van der Waals surface area contributed by atoms with Crippen LogP contribution in [0.3, 0.4) is 0 Å². The van der Waals surface area contributed by atoms with Crippen molar-refractivity contribution in [2.24, 2.45) is 0 Å². The van der Waals surface area contributed by atoms with Crippen LogP contribution in [0.1, 0.15) is 41.5 Å². The summed E-state index contributed by atoms with van der Waals surface area (Å²) in [7, 11) is 0. The van der Waals surface area contributed by atoms with E-state index in [0.717, 1.165) is 26.0 Å². The molecule has 0 aliphatic rings. The Bertz CT molecular complexity index is 2110. The lowest BCUT2D eigenvalue weighted by Gasteiger charge is -2.26. The maximum absolute atomic E-state index is 13.7. The van der Waals surface area contributed by atoms with Gasteiger partial charge in [0.05, 0.1) is 33.7 Å². The van der Waals surface area contributed by atoms with E-state index < -0.39 is 23.4 Å². The number of pyridine rings is 1. The molecule has 2 aromatic carbocycles. The Balaban J connectivity index is 1.42. The van der Waals surface area contributed by atoms with Crippen molar-refractivity contribution in [3.05, 3.63) is 76.6 Å². The lowest BCUT2D eigenvalue weighted by molar-refractivity contribution is 0.0521. The van der Waals surface area contributed by atoms with Crippen LogP contribution in [-0.2, 0) is 9.47 Å². The molecule has 0 atom stereocenters. The molecule has 236 valence electrons. The van der Waals surface area contributed by atoms with Crippen molar-refractivity contribution < 1.29 is 19.1 Å². The maximum atomic E-state index is 13.7. The SMILES string of the molecule is CC(C)(C)OC(=O)N(c1nnc(-c2cccn3cc(-c4ccc(Br)cc4)nc23)s1)c1ccc2c(cnn2C(=O)OC(C)(C)C)c1Cl. The first-order chi connectivity index (χ1) is 21.7. The number of halogens is 2. The van der Waals surface area contributed by atoms with E-state index in [1.807, 2.05) is 53.2 Å². The molecule has 0 aliphatic heterocycles. The van der Waals surface area contributed by atoms with Crippen LogP contribution in [0, 0.1) is 0 Å². The molecule has 0 bridgehead atoms. The molecule has 0 fully saturated rings. The van der Waals surface area contributed by atoms with Crippen molar-refractivity contribution in [3.8, 4) is 21.8 Å². The van der Waals surface area contributed by atoms with E-state index in [0.29, 0.717) is 21.6 Å². The maximum Gasteiger partial charge on any atom is 0.435 e. The molecule has 4 aromatic heterocycles. The fourth-order valence-corrected chi connectivity index (χ4v) is 6.05. The summed E-state index contributed by atoms with van der Waals surface area (Å²) in [6.45, 7) is 10.6. The van der Waals surface area contributed by atoms with Crippen molar-refractivity contribution in [1.29, 1.82) is 0 Å². The molecule has 6 aromatic rings. The van der Waals surface area contributed by atoms with E-state index >= 15 is 0 Å². The zero-order valence-electron chi connectivity index (χ0n) is 25.8. The Kier molecular flexibility index (Phi) is 8.11. The summed E-state index contributed by atoms with van der Waals surface area (Å²) in [5.41, 5.74) is 2.35. The number of amides is 1. The molecule has 0 N–H and O–H groups in total. The summed E-state index contributed by atoms with van der Waals surface area (Å²) in [5.74, 6) is 0. The zero-order valence-corrected chi connectivity index (χ0v) is 28.9. The average molecular weight is 723 g/mol. The first-order valence-corrected chi connectivity index (χ1v) is 16.2. The first-order valence-electron chi connectivity index (χ1n) is 14.2. The van der Waals surface area contributed by atoms with Gasteiger partial charge in [-0.2, -0.15) is 9.78 Å². The number of ether oxygens (including phenoxy) is 2. The van der Waals surface area contributed by atoms with Gasteiger partial charge in [0.1, 0.15) is 16.8 Å². The summed E-state index contributed by atoms with van der Waals surface area (Å²) < 4.78 is 15.3. The summed E-state index contributed by atoms with van der Waals surface area (Å²) in [6.07, 6.45) is 3.96. The normalized spacial score (nSPS) is 12.1. The van der Waals surface area contributed by atoms with Crippen LogP contribution in [0.5, 0.6) is 0 Å². The third kappa shape index (κ3) is 6.35. The number of imidazole rings is 1. The number of hydrogen-bond acceptors (Lipinski definition) is 9. The molecule has 0 saturated heterocycles. The van der Waals surface area contributed by atoms with Crippen molar-refractivity contribution in [3.63, 3.8) is 0 Å². The monoisotopic (exact) mass is 721 g/mol. The van der Waals surface area contributed by atoms with Gasteiger partial charge in [-0.1, -0.05) is 51.0 Å². The molecule has 0 radical (unpaired) electrons. The highest BCUT2D eigenvalue weighted by atomic mass is 79.9. The molecule has 6 rings (SSSR count). The van der Waals surface area contributed by atoms with Crippen LogP contribution in [-0.4, -0.2) is 52.8 Å². The van der Waals surface area contributed by atoms with Crippen molar-refractivity contribution in [2.75, 3.05) is 4.90 Å². The highest BCUT2D eigenvalue weighted by molar-refractivity contribution is 9.10. The van der Waals surface area contributed by atoms with Crippen LogP contribution >= 0.6 is 38.9 Å². The van der Waals surface area contributed by atoms with Gasteiger partial charge >= 0.3 is 12.2 Å². The average Bonchev–Trinajstić information content (AvgIpc) is 3.71. The summed E-state index contributed by atoms with van der Waals surface area (Å²) in [5, 5.41) is 14.4. The molecule has 11 nitrogen and oxygen atoms in total. The fraction of sp³-hybridized carbons (Fsp3) is 0.250. The molecular weight excluding hydrogens is 694 g/mol. The number of hydrogen-bond donors (Lipinski definition) is 0. The highest BCUT2D eigenvalue weighted by Crippen LogP contribution is 2.41. The minimum Gasteiger partial charge on any atom is -0.443 e. The number of rotatable bonds is 4. The van der Waals surface area contributed by atoms with Crippen molar-refractivity contribution in [2.45, 2.75) is 52.7 Å². The predicted molar refractivity (Wildman–Crippen MR) is 182 cm³/mol. The fourth-order valence-electron chi connectivity index (χ4n) is 4.62. The third-order valence-corrected chi connectivity index (χ3v) is 8.38. The van der Waals surface area contributed by atoms with Crippen LogP contribution in [0.4, 0.5) is 20.4 Å². The summed E-state index contributed by atoms with van der Waals surface area (Å²) >= 11 is 11.6.